The Morgan fingerprint density at radius 2 is 1.81 bits per heavy atom. The van der Waals surface area contributed by atoms with E-state index in [9.17, 15) is 10.1 Å². The van der Waals surface area contributed by atoms with Gasteiger partial charge in [0.1, 0.15) is 23.1 Å². The van der Waals surface area contributed by atoms with Crippen LogP contribution in [-0.2, 0) is 0 Å². The number of aryl methyl sites for hydroxylation is 1. The molecule has 0 fully saturated rings. The second-order valence-corrected chi connectivity index (χ2v) is 5.85. The highest BCUT2D eigenvalue weighted by Crippen LogP contribution is 2.35. The number of benzene rings is 2. The molecule has 0 radical (unpaired) electrons. The van der Waals surface area contributed by atoms with Crippen LogP contribution in [0.4, 0.5) is 0 Å². The Morgan fingerprint density at radius 3 is 2.46 bits per heavy atom. The van der Waals surface area contributed by atoms with E-state index in [4.69, 9.17) is 9.47 Å². The summed E-state index contributed by atoms with van der Waals surface area (Å²) < 4.78 is 10.7. The maximum Gasteiger partial charge on any atom is 0.266 e. The summed E-state index contributed by atoms with van der Waals surface area (Å²) in [7, 11) is 3.11. The van der Waals surface area contributed by atoms with E-state index in [-0.39, 0.29) is 5.56 Å². The normalized spacial score (nSPS) is 10.2. The zero-order valence-electron chi connectivity index (χ0n) is 14.8. The zero-order valence-corrected chi connectivity index (χ0v) is 14.8. The quantitative estimate of drug-likeness (QED) is 0.777. The molecule has 0 spiro atoms. The van der Waals surface area contributed by atoms with Gasteiger partial charge in [-0.05, 0) is 36.8 Å². The molecule has 0 saturated carbocycles. The highest BCUT2D eigenvalue weighted by atomic mass is 16.5. The van der Waals surface area contributed by atoms with Crippen LogP contribution < -0.4 is 15.0 Å². The number of nitrogens with zero attached hydrogens (tertiary/aromatic N) is 1. The molecule has 26 heavy (non-hydrogen) atoms. The van der Waals surface area contributed by atoms with Gasteiger partial charge in [-0.1, -0.05) is 23.8 Å². The second-order valence-electron chi connectivity index (χ2n) is 5.85. The van der Waals surface area contributed by atoms with Gasteiger partial charge in [0.05, 0.1) is 14.2 Å². The molecule has 0 amide bonds. The first-order valence-corrected chi connectivity index (χ1v) is 8.04. The van der Waals surface area contributed by atoms with Gasteiger partial charge in [-0.2, -0.15) is 5.26 Å². The van der Waals surface area contributed by atoms with Crippen LogP contribution >= 0.6 is 0 Å². The zero-order chi connectivity index (χ0) is 18.7. The third-order valence-corrected chi connectivity index (χ3v) is 4.17. The Labute approximate surface area is 151 Å². The van der Waals surface area contributed by atoms with Gasteiger partial charge in [0.25, 0.3) is 5.56 Å². The molecule has 0 atom stereocenters. The van der Waals surface area contributed by atoms with Crippen LogP contribution in [-0.4, -0.2) is 19.2 Å². The van der Waals surface area contributed by atoms with Gasteiger partial charge in [-0.3, -0.25) is 4.79 Å². The smallest absolute Gasteiger partial charge is 0.266 e. The van der Waals surface area contributed by atoms with Crippen LogP contribution in [0.3, 0.4) is 0 Å². The number of H-pyrrole nitrogens is 1. The molecule has 130 valence electrons. The number of nitriles is 1. The largest absolute Gasteiger partial charge is 0.497 e. The summed E-state index contributed by atoms with van der Waals surface area (Å²) in [5.41, 5.74) is 3.39. The predicted molar refractivity (Wildman–Crippen MR) is 100 cm³/mol. The molecule has 0 bridgehead atoms. The van der Waals surface area contributed by atoms with Crippen molar-refractivity contribution in [2.75, 3.05) is 14.2 Å². The molecule has 0 aliphatic heterocycles. The van der Waals surface area contributed by atoms with Crippen molar-refractivity contribution in [1.29, 1.82) is 5.26 Å². The number of aromatic amines is 1. The maximum absolute atomic E-state index is 12.5. The van der Waals surface area contributed by atoms with Crippen LogP contribution in [0.1, 0.15) is 11.1 Å². The first-order valence-electron chi connectivity index (χ1n) is 8.04. The van der Waals surface area contributed by atoms with E-state index < -0.39 is 5.56 Å². The van der Waals surface area contributed by atoms with E-state index in [2.05, 4.69) is 4.98 Å². The lowest BCUT2D eigenvalue weighted by Gasteiger charge is -2.13. The van der Waals surface area contributed by atoms with E-state index in [1.54, 1.807) is 38.5 Å². The van der Waals surface area contributed by atoms with Gasteiger partial charge in [0.15, 0.2) is 0 Å². The molecule has 0 aliphatic carbocycles. The second kappa shape index (κ2) is 7.16. The summed E-state index contributed by atoms with van der Waals surface area (Å²) >= 11 is 0. The molecule has 1 N–H and O–H groups in total. The molecule has 0 aliphatic rings. The minimum absolute atomic E-state index is 0.0462. The SMILES string of the molecule is COc1ccc(-c2cc(-c3cccc(C)c3)[nH]c(=O)c2C#N)c(OC)c1. The lowest BCUT2D eigenvalue weighted by molar-refractivity contribution is 0.395. The first kappa shape index (κ1) is 17.3. The number of aromatic nitrogens is 1. The summed E-state index contributed by atoms with van der Waals surface area (Å²) in [5, 5.41) is 9.50. The van der Waals surface area contributed by atoms with E-state index in [1.807, 2.05) is 37.3 Å². The predicted octanol–water partition coefficient (Wildman–Crippen LogP) is 3.91. The number of methoxy groups -OCH3 is 2. The summed E-state index contributed by atoms with van der Waals surface area (Å²) in [4.78, 5) is 15.3. The maximum atomic E-state index is 12.5. The van der Waals surface area contributed by atoms with Crippen molar-refractivity contribution in [2.24, 2.45) is 0 Å². The lowest BCUT2D eigenvalue weighted by atomic mass is 9.97. The van der Waals surface area contributed by atoms with Crippen LogP contribution in [0, 0.1) is 18.3 Å². The summed E-state index contributed by atoms with van der Waals surface area (Å²) in [6.45, 7) is 1.98. The molecule has 0 unspecified atom stereocenters. The average Bonchev–Trinajstić information content (AvgIpc) is 2.66. The standard InChI is InChI=1S/C21H18N2O3/c1-13-5-4-6-14(9-13)19-11-17(18(12-22)21(24)23-19)16-8-7-15(25-2)10-20(16)26-3/h4-11H,1-3H3,(H,23,24). The van der Waals surface area contributed by atoms with Gasteiger partial charge < -0.3 is 14.5 Å². The van der Waals surface area contributed by atoms with E-state index in [0.717, 1.165) is 11.1 Å². The molecular formula is C21H18N2O3. The van der Waals surface area contributed by atoms with Crippen LogP contribution in [0.2, 0.25) is 0 Å². The molecule has 3 rings (SSSR count). The Hall–Kier alpha value is -3.52. The van der Waals surface area contributed by atoms with Crippen molar-refractivity contribution in [1.82, 2.24) is 4.98 Å². The summed E-state index contributed by atoms with van der Waals surface area (Å²) in [5.74, 6) is 1.16. The topological polar surface area (TPSA) is 75.1 Å². The minimum Gasteiger partial charge on any atom is -0.497 e. The van der Waals surface area contributed by atoms with Crippen molar-refractivity contribution in [3.05, 3.63) is 70.0 Å². The molecule has 1 heterocycles. The van der Waals surface area contributed by atoms with Gasteiger partial charge in [-0.25, -0.2) is 0 Å². The summed E-state index contributed by atoms with van der Waals surface area (Å²) in [6, 6.07) is 16.9. The fourth-order valence-corrected chi connectivity index (χ4v) is 2.87. The number of pyridine rings is 1. The molecule has 0 saturated heterocycles. The number of rotatable bonds is 4. The van der Waals surface area contributed by atoms with Gasteiger partial charge in [0.2, 0.25) is 0 Å². The Morgan fingerprint density at radius 1 is 1.00 bits per heavy atom. The molecule has 2 aromatic carbocycles. The Balaban J connectivity index is 2.27. The molecule has 3 aromatic rings. The van der Waals surface area contributed by atoms with Gasteiger partial charge >= 0.3 is 0 Å². The van der Waals surface area contributed by atoms with Gasteiger partial charge in [0, 0.05) is 22.9 Å². The highest BCUT2D eigenvalue weighted by molar-refractivity contribution is 5.79. The molecular weight excluding hydrogens is 328 g/mol. The Bertz CT molecular complexity index is 1060. The first-order chi connectivity index (χ1) is 12.6. The third-order valence-electron chi connectivity index (χ3n) is 4.17. The Kier molecular flexibility index (Phi) is 4.76. The summed E-state index contributed by atoms with van der Waals surface area (Å²) in [6.07, 6.45) is 0. The van der Waals surface area contributed by atoms with Crippen molar-refractivity contribution in [2.45, 2.75) is 6.92 Å². The van der Waals surface area contributed by atoms with Crippen molar-refractivity contribution >= 4 is 0 Å². The highest BCUT2D eigenvalue weighted by Gasteiger charge is 2.16. The number of hydrogen-bond acceptors (Lipinski definition) is 4. The van der Waals surface area contributed by atoms with Crippen LogP contribution in [0.15, 0.2) is 53.3 Å². The number of hydrogen-bond donors (Lipinski definition) is 1. The third kappa shape index (κ3) is 3.17. The van der Waals surface area contributed by atoms with Gasteiger partial charge in [-0.15, -0.1) is 0 Å². The number of ether oxygens (including phenoxy) is 2. The van der Waals surface area contributed by atoms with E-state index in [1.165, 1.54) is 0 Å². The average molecular weight is 346 g/mol. The van der Waals surface area contributed by atoms with Crippen molar-refractivity contribution < 1.29 is 9.47 Å². The monoisotopic (exact) mass is 346 g/mol. The fraction of sp³-hybridized carbons (Fsp3) is 0.143. The van der Waals surface area contributed by atoms with E-state index >= 15 is 0 Å². The van der Waals surface area contributed by atoms with Crippen LogP contribution in [0.5, 0.6) is 11.5 Å². The lowest BCUT2D eigenvalue weighted by Crippen LogP contribution is -2.13. The van der Waals surface area contributed by atoms with E-state index in [0.29, 0.717) is 28.3 Å². The van der Waals surface area contributed by atoms with Crippen molar-refractivity contribution in [3.63, 3.8) is 0 Å². The molecule has 5 heteroatoms. The molecule has 5 nitrogen and oxygen atoms in total. The minimum atomic E-state index is -0.431. The van der Waals surface area contributed by atoms with Crippen LogP contribution in [0.25, 0.3) is 22.4 Å². The fourth-order valence-electron chi connectivity index (χ4n) is 2.87. The number of nitrogens with one attached hydrogen (secondary N) is 1. The molecule has 1 aromatic heterocycles. The van der Waals surface area contributed by atoms with Crippen molar-refractivity contribution in [3.8, 4) is 40.0 Å².